The molecule has 0 saturated carbocycles. The van der Waals surface area contributed by atoms with Gasteiger partial charge in [-0.15, -0.1) is 45.5 Å². The van der Waals surface area contributed by atoms with E-state index in [9.17, 15) is 0 Å². The van der Waals surface area contributed by atoms with Crippen LogP contribution in [-0.2, 0) is 25.9 Å². The van der Waals surface area contributed by atoms with E-state index in [-0.39, 0.29) is 24.0 Å². The van der Waals surface area contributed by atoms with Gasteiger partial charge < -0.3 is 15.2 Å². The van der Waals surface area contributed by atoms with Gasteiger partial charge in [0.25, 0.3) is 0 Å². The zero-order valence-corrected chi connectivity index (χ0v) is 17.1. The van der Waals surface area contributed by atoms with Gasteiger partial charge in [-0.05, 0) is 24.3 Å². The molecular formula is C16H25IN6S. The van der Waals surface area contributed by atoms with Gasteiger partial charge in [-0.2, -0.15) is 0 Å². The minimum Gasteiger partial charge on any atom is -0.356 e. The maximum absolute atomic E-state index is 4.36. The summed E-state index contributed by atoms with van der Waals surface area (Å²) in [6.07, 6.45) is 5.68. The summed E-state index contributed by atoms with van der Waals surface area (Å²) in [5.74, 6) is 3.06. The Morgan fingerprint density at radius 3 is 3.00 bits per heavy atom. The van der Waals surface area contributed by atoms with Gasteiger partial charge in [-0.1, -0.05) is 12.5 Å². The molecule has 3 heterocycles. The molecule has 2 N–H and O–H groups in total. The van der Waals surface area contributed by atoms with Crippen LogP contribution >= 0.6 is 35.3 Å². The molecule has 0 saturated heterocycles. The lowest BCUT2D eigenvalue weighted by molar-refractivity contribution is 0.600. The number of halogens is 1. The average molecular weight is 460 g/mol. The van der Waals surface area contributed by atoms with E-state index < -0.39 is 0 Å². The Kier molecular flexibility index (Phi) is 7.97. The van der Waals surface area contributed by atoms with E-state index in [2.05, 4.69) is 47.9 Å². The van der Waals surface area contributed by atoms with Crippen LogP contribution in [0.2, 0.25) is 0 Å². The second-order valence-corrected chi connectivity index (χ2v) is 6.71. The van der Waals surface area contributed by atoms with Gasteiger partial charge in [-0.3, -0.25) is 4.99 Å². The van der Waals surface area contributed by atoms with Crippen molar-refractivity contribution in [1.82, 2.24) is 25.4 Å². The van der Waals surface area contributed by atoms with E-state index >= 15 is 0 Å². The second kappa shape index (κ2) is 9.97. The summed E-state index contributed by atoms with van der Waals surface area (Å²) >= 11 is 1.75. The van der Waals surface area contributed by atoms with Gasteiger partial charge in [0, 0.05) is 37.9 Å². The molecule has 0 spiro atoms. The quantitative estimate of drug-likeness (QED) is 0.409. The van der Waals surface area contributed by atoms with Crippen LogP contribution in [-0.4, -0.2) is 34.3 Å². The smallest absolute Gasteiger partial charge is 0.191 e. The molecule has 0 atom stereocenters. The number of aromatic nitrogens is 3. The highest BCUT2D eigenvalue weighted by Gasteiger charge is 2.14. The van der Waals surface area contributed by atoms with Crippen LogP contribution in [0, 0.1) is 0 Å². The molecule has 2 aromatic heterocycles. The lowest BCUT2D eigenvalue weighted by Gasteiger charge is -2.11. The highest BCUT2D eigenvalue weighted by molar-refractivity contribution is 14.0. The number of hydrogen-bond donors (Lipinski definition) is 2. The van der Waals surface area contributed by atoms with E-state index in [0.29, 0.717) is 0 Å². The van der Waals surface area contributed by atoms with Crippen molar-refractivity contribution in [3.63, 3.8) is 0 Å². The number of rotatable bonds is 5. The van der Waals surface area contributed by atoms with Crippen LogP contribution in [0.5, 0.6) is 0 Å². The van der Waals surface area contributed by atoms with Crippen LogP contribution in [0.25, 0.3) is 0 Å². The molecule has 0 aromatic carbocycles. The molecule has 0 amide bonds. The predicted molar refractivity (Wildman–Crippen MR) is 109 cm³/mol. The molecule has 0 aliphatic carbocycles. The number of nitrogens with zero attached hydrogens (tertiary/aromatic N) is 4. The normalized spacial score (nSPS) is 14.5. The lowest BCUT2D eigenvalue weighted by atomic mass is 10.2. The Morgan fingerprint density at radius 2 is 2.21 bits per heavy atom. The van der Waals surface area contributed by atoms with E-state index in [1.54, 1.807) is 18.4 Å². The van der Waals surface area contributed by atoms with Crippen molar-refractivity contribution in [3.05, 3.63) is 34.0 Å². The van der Waals surface area contributed by atoms with Gasteiger partial charge >= 0.3 is 0 Å². The highest BCUT2D eigenvalue weighted by atomic mass is 127. The molecule has 0 unspecified atom stereocenters. The maximum Gasteiger partial charge on any atom is 0.191 e. The summed E-state index contributed by atoms with van der Waals surface area (Å²) in [5, 5.41) is 17.5. The minimum absolute atomic E-state index is 0. The molecule has 2 aromatic rings. The molecule has 132 valence electrons. The zero-order chi connectivity index (χ0) is 15.9. The van der Waals surface area contributed by atoms with Crippen LogP contribution in [0.3, 0.4) is 0 Å². The molecule has 1 aliphatic heterocycles. The third-order valence-electron chi connectivity index (χ3n) is 4.06. The number of aliphatic imine (C=N–C) groups is 1. The molecule has 1 aliphatic rings. The second-order valence-electron chi connectivity index (χ2n) is 5.68. The molecule has 6 nitrogen and oxygen atoms in total. The standard InChI is InChI=1S/C16H24N6S.HI/c1-17-16(19-12-13-6-5-11-23-13)18-9-8-15-21-20-14-7-3-2-4-10-22(14)15;/h5-6,11H,2-4,7-10,12H2,1H3,(H2,17,18,19);1H. The summed E-state index contributed by atoms with van der Waals surface area (Å²) in [6, 6.07) is 4.19. The molecule has 3 rings (SSSR count). The Hall–Kier alpha value is -1.16. The summed E-state index contributed by atoms with van der Waals surface area (Å²) in [4.78, 5) is 5.57. The van der Waals surface area contributed by atoms with Crippen LogP contribution in [0.15, 0.2) is 22.5 Å². The topological polar surface area (TPSA) is 67.1 Å². The molecule has 24 heavy (non-hydrogen) atoms. The third kappa shape index (κ3) is 5.17. The van der Waals surface area contributed by atoms with E-state index in [4.69, 9.17) is 0 Å². The molecule has 0 bridgehead atoms. The van der Waals surface area contributed by atoms with E-state index in [1.807, 2.05) is 0 Å². The third-order valence-corrected chi connectivity index (χ3v) is 4.94. The Labute approximate surface area is 164 Å². The fourth-order valence-electron chi connectivity index (χ4n) is 2.83. The molecular weight excluding hydrogens is 435 g/mol. The van der Waals surface area contributed by atoms with Gasteiger partial charge in [0.15, 0.2) is 5.96 Å². The lowest BCUT2D eigenvalue weighted by Crippen LogP contribution is -2.38. The number of guanidine groups is 1. The number of thiophene rings is 1. The number of hydrogen-bond acceptors (Lipinski definition) is 4. The number of fused-ring (bicyclic) bond motifs is 1. The first-order valence-electron chi connectivity index (χ1n) is 8.24. The maximum atomic E-state index is 4.36. The summed E-state index contributed by atoms with van der Waals surface area (Å²) < 4.78 is 2.30. The van der Waals surface area contributed by atoms with Crippen LogP contribution < -0.4 is 10.6 Å². The minimum atomic E-state index is 0. The summed E-state index contributed by atoms with van der Waals surface area (Å²) in [5.41, 5.74) is 0. The molecule has 0 fully saturated rings. The van der Waals surface area contributed by atoms with Crippen LogP contribution in [0.4, 0.5) is 0 Å². The first-order chi connectivity index (χ1) is 11.4. The van der Waals surface area contributed by atoms with E-state index in [0.717, 1.165) is 50.1 Å². The fourth-order valence-corrected chi connectivity index (χ4v) is 3.47. The van der Waals surface area contributed by atoms with Crippen molar-refractivity contribution in [2.24, 2.45) is 4.99 Å². The van der Waals surface area contributed by atoms with Crippen LogP contribution in [0.1, 0.15) is 35.8 Å². The zero-order valence-electron chi connectivity index (χ0n) is 14.0. The van der Waals surface area contributed by atoms with E-state index in [1.165, 1.54) is 24.1 Å². The monoisotopic (exact) mass is 460 g/mol. The van der Waals surface area contributed by atoms with Crippen molar-refractivity contribution in [2.75, 3.05) is 13.6 Å². The predicted octanol–water partition coefficient (Wildman–Crippen LogP) is 2.59. The number of aryl methyl sites for hydroxylation is 1. The Bertz CT molecular complexity index is 637. The van der Waals surface area contributed by atoms with Gasteiger partial charge in [0.2, 0.25) is 0 Å². The fraction of sp³-hybridized carbons (Fsp3) is 0.562. The van der Waals surface area contributed by atoms with Crippen molar-refractivity contribution < 1.29 is 0 Å². The average Bonchev–Trinajstić information content (AvgIpc) is 3.16. The SMILES string of the molecule is CN=C(NCCc1nnc2n1CCCCC2)NCc1cccs1.I. The van der Waals surface area contributed by atoms with Gasteiger partial charge in [0.05, 0.1) is 6.54 Å². The summed E-state index contributed by atoms with van der Waals surface area (Å²) in [7, 11) is 1.80. The van der Waals surface area contributed by atoms with Crippen molar-refractivity contribution >= 4 is 41.3 Å². The molecule has 0 radical (unpaired) electrons. The van der Waals surface area contributed by atoms with Gasteiger partial charge in [-0.25, -0.2) is 0 Å². The first-order valence-corrected chi connectivity index (χ1v) is 9.12. The Morgan fingerprint density at radius 1 is 1.29 bits per heavy atom. The largest absolute Gasteiger partial charge is 0.356 e. The molecule has 8 heteroatoms. The Balaban J connectivity index is 0.00000208. The number of nitrogens with one attached hydrogen (secondary N) is 2. The van der Waals surface area contributed by atoms with Gasteiger partial charge in [0.1, 0.15) is 11.6 Å². The summed E-state index contributed by atoms with van der Waals surface area (Å²) in [6.45, 7) is 2.67. The van der Waals surface area contributed by atoms with Crippen molar-refractivity contribution in [3.8, 4) is 0 Å². The first kappa shape index (κ1) is 19.2. The highest BCUT2D eigenvalue weighted by Crippen LogP contribution is 2.14. The van der Waals surface area contributed by atoms with Crippen molar-refractivity contribution in [1.29, 1.82) is 0 Å². The van der Waals surface area contributed by atoms with Crippen molar-refractivity contribution in [2.45, 2.75) is 45.2 Å².